The van der Waals surface area contributed by atoms with Crippen LogP contribution in [-0.2, 0) is 0 Å². The van der Waals surface area contributed by atoms with Crippen LogP contribution < -0.4 is 5.32 Å². The average molecular weight is 245 g/mol. The number of phenolic OH excluding ortho intramolecular Hbond substituents is 1. The number of hydrogen-bond donors (Lipinski definition) is 2. The molecule has 0 fully saturated rings. The molecule has 0 bridgehead atoms. The summed E-state index contributed by atoms with van der Waals surface area (Å²) in [6.45, 7) is 1.97. The van der Waals surface area contributed by atoms with Crippen LogP contribution in [0.15, 0.2) is 52.3 Å². The van der Waals surface area contributed by atoms with Crippen molar-refractivity contribution in [2.75, 3.05) is 12.4 Å². The molecule has 0 aromatic heterocycles. The van der Waals surface area contributed by atoms with E-state index >= 15 is 0 Å². The van der Waals surface area contributed by atoms with Gasteiger partial charge in [-0.3, -0.25) is 0 Å². The second-order valence-corrected chi connectivity index (χ2v) is 4.97. The molecule has 88 valence electrons. The maximum Gasteiger partial charge on any atom is 0.129 e. The summed E-state index contributed by atoms with van der Waals surface area (Å²) >= 11 is 1.56. The van der Waals surface area contributed by atoms with Crippen molar-refractivity contribution >= 4 is 17.4 Å². The van der Waals surface area contributed by atoms with Crippen LogP contribution in [0.25, 0.3) is 0 Å². The van der Waals surface area contributed by atoms with Crippen LogP contribution in [0.2, 0.25) is 0 Å². The smallest absolute Gasteiger partial charge is 0.129 e. The topological polar surface area (TPSA) is 32.3 Å². The highest BCUT2D eigenvalue weighted by atomic mass is 32.2. The van der Waals surface area contributed by atoms with Gasteiger partial charge in [-0.2, -0.15) is 0 Å². The van der Waals surface area contributed by atoms with E-state index in [2.05, 4.69) is 11.4 Å². The highest BCUT2D eigenvalue weighted by Crippen LogP contribution is 2.35. The minimum absolute atomic E-state index is 0.338. The number of phenols is 1. The predicted molar refractivity (Wildman–Crippen MR) is 73.0 cm³/mol. The fourth-order valence-electron chi connectivity index (χ4n) is 1.56. The van der Waals surface area contributed by atoms with Crippen molar-refractivity contribution in [2.45, 2.75) is 16.7 Å². The predicted octanol–water partition coefficient (Wildman–Crippen LogP) is 3.89. The molecule has 0 spiro atoms. The standard InChI is InChI=1S/C14H15NOS/c1-10-6-7-14(13(16)8-10)17-12-5-3-4-11(9-12)15-2/h3-9,15-16H,1-2H3. The van der Waals surface area contributed by atoms with Crippen LogP contribution in [0, 0.1) is 6.92 Å². The van der Waals surface area contributed by atoms with Gasteiger partial charge < -0.3 is 10.4 Å². The van der Waals surface area contributed by atoms with Gasteiger partial charge in [-0.15, -0.1) is 0 Å². The van der Waals surface area contributed by atoms with Crippen LogP contribution >= 0.6 is 11.8 Å². The van der Waals surface area contributed by atoms with E-state index < -0.39 is 0 Å². The van der Waals surface area contributed by atoms with Gasteiger partial charge in [-0.25, -0.2) is 0 Å². The number of benzene rings is 2. The maximum atomic E-state index is 9.84. The molecule has 0 saturated carbocycles. The first-order valence-electron chi connectivity index (χ1n) is 5.44. The summed E-state index contributed by atoms with van der Waals surface area (Å²) in [5, 5.41) is 12.9. The Morgan fingerprint density at radius 3 is 2.65 bits per heavy atom. The van der Waals surface area contributed by atoms with Crippen molar-refractivity contribution in [2.24, 2.45) is 0 Å². The second-order valence-electron chi connectivity index (χ2n) is 3.85. The summed E-state index contributed by atoms with van der Waals surface area (Å²) in [6.07, 6.45) is 0. The quantitative estimate of drug-likeness (QED) is 0.860. The fourth-order valence-corrected chi connectivity index (χ4v) is 2.44. The zero-order valence-corrected chi connectivity index (χ0v) is 10.7. The normalized spacial score (nSPS) is 10.2. The molecule has 0 heterocycles. The molecule has 0 saturated heterocycles. The molecule has 0 aliphatic heterocycles. The van der Waals surface area contributed by atoms with Gasteiger partial charge in [0.05, 0.1) is 4.90 Å². The molecule has 0 atom stereocenters. The highest BCUT2D eigenvalue weighted by Gasteiger charge is 2.04. The molecular weight excluding hydrogens is 230 g/mol. The first-order valence-corrected chi connectivity index (χ1v) is 6.26. The number of aromatic hydroxyl groups is 1. The Bertz CT molecular complexity index is 525. The third-order valence-corrected chi connectivity index (χ3v) is 3.52. The van der Waals surface area contributed by atoms with Crippen molar-refractivity contribution in [1.82, 2.24) is 0 Å². The number of rotatable bonds is 3. The molecule has 0 aliphatic carbocycles. The van der Waals surface area contributed by atoms with Crippen LogP contribution in [0.4, 0.5) is 5.69 Å². The van der Waals surface area contributed by atoms with E-state index in [1.165, 1.54) is 0 Å². The molecule has 2 aromatic carbocycles. The lowest BCUT2D eigenvalue weighted by molar-refractivity contribution is 0.462. The minimum atomic E-state index is 0.338. The molecule has 0 amide bonds. The van der Waals surface area contributed by atoms with E-state index in [9.17, 15) is 5.11 Å². The molecule has 0 aliphatic rings. The van der Waals surface area contributed by atoms with Gasteiger partial charge in [0, 0.05) is 17.6 Å². The van der Waals surface area contributed by atoms with Gasteiger partial charge in [0.15, 0.2) is 0 Å². The Labute approximate surface area is 106 Å². The van der Waals surface area contributed by atoms with Crippen molar-refractivity contribution in [3.63, 3.8) is 0 Å². The monoisotopic (exact) mass is 245 g/mol. The zero-order valence-electron chi connectivity index (χ0n) is 9.90. The molecule has 2 nitrogen and oxygen atoms in total. The summed E-state index contributed by atoms with van der Waals surface area (Å²) < 4.78 is 0. The largest absolute Gasteiger partial charge is 0.507 e. The zero-order chi connectivity index (χ0) is 12.3. The molecule has 2 N–H and O–H groups in total. The van der Waals surface area contributed by atoms with Crippen molar-refractivity contribution < 1.29 is 5.11 Å². The summed E-state index contributed by atoms with van der Waals surface area (Å²) in [4.78, 5) is 1.99. The third kappa shape index (κ3) is 2.94. The SMILES string of the molecule is CNc1cccc(Sc2ccc(C)cc2O)c1. The van der Waals surface area contributed by atoms with Crippen LogP contribution in [0.5, 0.6) is 5.75 Å². The Hall–Kier alpha value is -1.61. The van der Waals surface area contributed by atoms with Crippen LogP contribution in [-0.4, -0.2) is 12.2 Å². The molecule has 2 aromatic rings. The maximum absolute atomic E-state index is 9.84. The van der Waals surface area contributed by atoms with E-state index in [-0.39, 0.29) is 0 Å². The average Bonchev–Trinajstić information content (AvgIpc) is 2.33. The first-order chi connectivity index (χ1) is 8.19. The molecule has 0 unspecified atom stereocenters. The van der Waals surface area contributed by atoms with Gasteiger partial charge in [0.2, 0.25) is 0 Å². The van der Waals surface area contributed by atoms with E-state index in [1.54, 1.807) is 17.8 Å². The number of nitrogens with one attached hydrogen (secondary N) is 1. The molecule has 2 rings (SSSR count). The number of aryl methyl sites for hydroxylation is 1. The second kappa shape index (κ2) is 5.15. The van der Waals surface area contributed by atoms with Gasteiger partial charge in [0.1, 0.15) is 5.75 Å². The van der Waals surface area contributed by atoms with Gasteiger partial charge in [0.25, 0.3) is 0 Å². The van der Waals surface area contributed by atoms with Gasteiger partial charge >= 0.3 is 0 Å². The summed E-state index contributed by atoms with van der Waals surface area (Å²) in [7, 11) is 1.90. The molecular formula is C14H15NOS. The Kier molecular flexibility index (Phi) is 3.59. The van der Waals surface area contributed by atoms with Crippen molar-refractivity contribution in [3.05, 3.63) is 48.0 Å². The van der Waals surface area contributed by atoms with Crippen molar-refractivity contribution in [3.8, 4) is 5.75 Å². The third-order valence-electron chi connectivity index (χ3n) is 2.46. The lowest BCUT2D eigenvalue weighted by atomic mass is 10.2. The lowest BCUT2D eigenvalue weighted by Crippen LogP contribution is -1.87. The van der Waals surface area contributed by atoms with E-state index in [0.717, 1.165) is 21.0 Å². The van der Waals surface area contributed by atoms with Crippen LogP contribution in [0.1, 0.15) is 5.56 Å². The van der Waals surface area contributed by atoms with Gasteiger partial charge in [-0.1, -0.05) is 23.9 Å². The van der Waals surface area contributed by atoms with E-state index in [0.29, 0.717) is 5.75 Å². The molecule has 0 radical (unpaired) electrons. The Morgan fingerprint density at radius 2 is 1.94 bits per heavy atom. The Balaban J connectivity index is 2.25. The number of hydrogen-bond acceptors (Lipinski definition) is 3. The molecule has 17 heavy (non-hydrogen) atoms. The minimum Gasteiger partial charge on any atom is -0.507 e. The Morgan fingerprint density at radius 1 is 1.12 bits per heavy atom. The van der Waals surface area contributed by atoms with E-state index in [4.69, 9.17) is 0 Å². The first kappa shape index (κ1) is 11.9. The summed E-state index contributed by atoms with van der Waals surface area (Å²) in [6, 6.07) is 13.8. The summed E-state index contributed by atoms with van der Waals surface area (Å²) in [5.41, 5.74) is 2.14. The number of anilines is 1. The summed E-state index contributed by atoms with van der Waals surface area (Å²) in [5.74, 6) is 0.338. The fraction of sp³-hybridized carbons (Fsp3) is 0.143. The van der Waals surface area contributed by atoms with Crippen molar-refractivity contribution in [1.29, 1.82) is 0 Å². The lowest BCUT2D eigenvalue weighted by Gasteiger charge is -2.07. The molecule has 3 heteroatoms. The van der Waals surface area contributed by atoms with E-state index in [1.807, 2.05) is 44.3 Å². The van der Waals surface area contributed by atoms with Gasteiger partial charge in [-0.05, 0) is 42.8 Å². The van der Waals surface area contributed by atoms with Crippen LogP contribution in [0.3, 0.4) is 0 Å². The highest BCUT2D eigenvalue weighted by molar-refractivity contribution is 7.99.